The van der Waals surface area contributed by atoms with Crippen molar-refractivity contribution in [2.45, 2.75) is 12.8 Å². The number of nitriles is 1. The number of hydrogen-bond acceptors (Lipinski definition) is 4. The van der Waals surface area contributed by atoms with E-state index < -0.39 is 0 Å². The summed E-state index contributed by atoms with van der Waals surface area (Å²) in [5, 5.41) is 9.86. The summed E-state index contributed by atoms with van der Waals surface area (Å²) in [5.74, 6) is 0.775. The monoisotopic (exact) mass is 525 g/mol. The van der Waals surface area contributed by atoms with Crippen LogP contribution in [0.5, 0.6) is 0 Å². The van der Waals surface area contributed by atoms with E-state index in [0.29, 0.717) is 5.57 Å². The lowest BCUT2D eigenvalue weighted by molar-refractivity contribution is 0.239. The van der Waals surface area contributed by atoms with E-state index in [1.165, 1.54) is 0 Å². The quantitative estimate of drug-likeness (QED) is 0.557. The highest BCUT2D eigenvalue weighted by Crippen LogP contribution is 2.43. The second-order valence-corrected chi connectivity index (χ2v) is 9.19. The molecule has 0 spiro atoms. The van der Waals surface area contributed by atoms with E-state index in [0.717, 1.165) is 56.6 Å². The number of nitrogens with zero attached hydrogens (tertiary/aromatic N) is 2. The number of nitrogens with two attached hydrogens (primary N) is 1. The van der Waals surface area contributed by atoms with Crippen molar-refractivity contribution >= 4 is 37.9 Å². The molecule has 2 N–H and O–H groups in total. The van der Waals surface area contributed by atoms with Gasteiger partial charge in [0.1, 0.15) is 17.4 Å². The van der Waals surface area contributed by atoms with Gasteiger partial charge in [0.25, 0.3) is 0 Å². The minimum absolute atomic E-state index is 0.191. The number of hydrogen-bond donors (Lipinski definition) is 1. The normalized spacial score (nSPS) is 20.7. The Morgan fingerprint density at radius 1 is 1.10 bits per heavy atom. The van der Waals surface area contributed by atoms with Crippen molar-refractivity contribution in [3.63, 3.8) is 0 Å². The van der Waals surface area contributed by atoms with Crippen molar-refractivity contribution in [2.24, 2.45) is 5.73 Å². The van der Waals surface area contributed by atoms with Crippen LogP contribution in [0.2, 0.25) is 0 Å². The predicted octanol–water partition coefficient (Wildman–Crippen LogP) is 5.69. The van der Waals surface area contributed by atoms with Crippen LogP contribution < -0.4 is 5.73 Å². The summed E-state index contributed by atoms with van der Waals surface area (Å²) in [5.41, 5.74) is 11.0. The van der Waals surface area contributed by atoms with Gasteiger partial charge in [0.2, 0.25) is 5.88 Å². The van der Waals surface area contributed by atoms with E-state index in [-0.39, 0.29) is 11.8 Å². The van der Waals surface area contributed by atoms with Crippen LogP contribution in [0.4, 0.5) is 0 Å². The third-order valence-corrected chi connectivity index (χ3v) is 6.53. The largest absolute Gasteiger partial charge is 0.440 e. The summed E-state index contributed by atoms with van der Waals surface area (Å²) >= 11 is 6.98. The molecule has 4 nitrogen and oxygen atoms in total. The molecule has 4 rings (SSSR count). The van der Waals surface area contributed by atoms with Gasteiger partial charge in [0.15, 0.2) is 0 Å². The van der Waals surface area contributed by atoms with Gasteiger partial charge in [-0.05, 0) is 53.6 Å². The van der Waals surface area contributed by atoms with Gasteiger partial charge >= 0.3 is 0 Å². The highest BCUT2D eigenvalue weighted by molar-refractivity contribution is 9.10. The second kappa shape index (κ2) is 8.81. The fraction of sp³-hybridized carbons (Fsp3) is 0.208. The Hall–Kier alpha value is -2.33. The molecule has 2 aromatic rings. The van der Waals surface area contributed by atoms with Crippen LogP contribution in [-0.2, 0) is 4.74 Å². The number of halogens is 2. The van der Waals surface area contributed by atoms with Crippen molar-refractivity contribution in [1.82, 2.24) is 4.90 Å². The van der Waals surface area contributed by atoms with Crippen molar-refractivity contribution in [3.8, 4) is 6.07 Å². The number of rotatable bonds is 3. The Bertz CT molecular complexity index is 1090. The summed E-state index contributed by atoms with van der Waals surface area (Å²) in [4.78, 5) is 2.36. The number of likely N-dealkylation sites (N-methyl/N-ethyl adjacent to an activating group) is 1. The first-order valence-electron chi connectivity index (χ1n) is 9.75. The van der Waals surface area contributed by atoms with Crippen LogP contribution >= 0.6 is 31.9 Å². The van der Waals surface area contributed by atoms with Gasteiger partial charge in [0, 0.05) is 27.6 Å². The lowest BCUT2D eigenvalue weighted by atomic mass is 9.80. The molecule has 0 bridgehead atoms. The van der Waals surface area contributed by atoms with Gasteiger partial charge in [-0.25, -0.2) is 0 Å². The van der Waals surface area contributed by atoms with Gasteiger partial charge < -0.3 is 10.5 Å². The van der Waals surface area contributed by atoms with Gasteiger partial charge in [-0.1, -0.05) is 63.0 Å². The smallest absolute Gasteiger partial charge is 0.205 e. The molecule has 2 heterocycles. The highest BCUT2D eigenvalue weighted by Gasteiger charge is 2.37. The van der Waals surface area contributed by atoms with E-state index in [9.17, 15) is 5.26 Å². The molecule has 0 saturated heterocycles. The molecule has 0 radical (unpaired) electrons. The molecular weight excluding hydrogens is 506 g/mol. The molecule has 0 fully saturated rings. The summed E-state index contributed by atoms with van der Waals surface area (Å²) in [7, 11) is 0. The summed E-state index contributed by atoms with van der Waals surface area (Å²) in [6.07, 6.45) is 2.15. The number of benzene rings is 2. The first-order valence-corrected chi connectivity index (χ1v) is 11.3. The minimum Gasteiger partial charge on any atom is -0.440 e. The fourth-order valence-corrected chi connectivity index (χ4v) is 4.49. The maximum Gasteiger partial charge on any atom is 0.205 e. The standard InChI is InChI=1S/C24H21Br2N3O/c1-2-29-13-17(11-15-3-7-18(25)8-4-15)23-21(14-29)22(20(12-27)24(28)30-23)16-5-9-19(26)10-6-16/h3-11,22H,2,13-14,28H2,1H3/b17-11-/t22-/m1/s1. The van der Waals surface area contributed by atoms with Crippen LogP contribution in [0.15, 0.2) is 85.8 Å². The molecule has 6 heteroatoms. The maximum absolute atomic E-state index is 9.86. The first kappa shape index (κ1) is 20.9. The molecule has 0 amide bonds. The molecule has 2 aromatic carbocycles. The number of allylic oxidation sites excluding steroid dienone is 1. The van der Waals surface area contributed by atoms with Crippen molar-refractivity contribution < 1.29 is 4.74 Å². The van der Waals surface area contributed by atoms with Crippen molar-refractivity contribution in [3.05, 3.63) is 97.0 Å². The van der Waals surface area contributed by atoms with E-state index in [1.54, 1.807) is 0 Å². The van der Waals surface area contributed by atoms with Crippen LogP contribution in [0, 0.1) is 11.3 Å². The predicted molar refractivity (Wildman–Crippen MR) is 126 cm³/mol. The van der Waals surface area contributed by atoms with Crippen molar-refractivity contribution in [1.29, 1.82) is 5.26 Å². The van der Waals surface area contributed by atoms with E-state index in [2.05, 4.69) is 68.0 Å². The molecule has 2 aliphatic heterocycles. The second-order valence-electron chi connectivity index (χ2n) is 7.36. The molecule has 0 aliphatic carbocycles. The average molecular weight is 527 g/mol. The summed E-state index contributed by atoms with van der Waals surface area (Å²) in [6.45, 7) is 4.56. The Morgan fingerprint density at radius 2 is 1.73 bits per heavy atom. The van der Waals surface area contributed by atoms with Gasteiger partial charge in [0.05, 0.1) is 5.92 Å². The lowest BCUT2D eigenvalue weighted by Crippen LogP contribution is -2.38. The van der Waals surface area contributed by atoms with Crippen molar-refractivity contribution in [2.75, 3.05) is 19.6 Å². The SMILES string of the molecule is CCN1CC2=C(OC(N)=C(C#N)[C@H]2c2ccc(Br)cc2)/C(=C\c2ccc(Br)cc2)C1. The average Bonchev–Trinajstić information content (AvgIpc) is 2.75. The van der Waals surface area contributed by atoms with Crippen LogP contribution in [0.25, 0.3) is 6.08 Å². The maximum atomic E-state index is 9.86. The Kier molecular flexibility index (Phi) is 6.14. The van der Waals surface area contributed by atoms with Crippen LogP contribution in [0.3, 0.4) is 0 Å². The Morgan fingerprint density at radius 3 is 2.33 bits per heavy atom. The molecule has 0 aromatic heterocycles. The van der Waals surface area contributed by atoms with E-state index >= 15 is 0 Å². The van der Waals surface area contributed by atoms with Crippen LogP contribution in [0.1, 0.15) is 24.0 Å². The summed E-state index contributed by atoms with van der Waals surface area (Å²) in [6, 6.07) is 18.5. The first-order chi connectivity index (χ1) is 14.5. The zero-order valence-corrected chi connectivity index (χ0v) is 19.7. The number of ether oxygens (including phenoxy) is 1. The Labute approximate surface area is 193 Å². The molecule has 1 atom stereocenters. The van der Waals surface area contributed by atoms with Crippen LogP contribution in [-0.4, -0.2) is 24.5 Å². The highest BCUT2D eigenvalue weighted by atomic mass is 79.9. The molecule has 30 heavy (non-hydrogen) atoms. The minimum atomic E-state index is -0.213. The zero-order chi connectivity index (χ0) is 21.3. The molecule has 152 valence electrons. The zero-order valence-electron chi connectivity index (χ0n) is 16.5. The lowest BCUT2D eigenvalue weighted by Gasteiger charge is -2.38. The van der Waals surface area contributed by atoms with E-state index in [4.69, 9.17) is 10.5 Å². The molecule has 0 unspecified atom stereocenters. The fourth-order valence-electron chi connectivity index (χ4n) is 3.96. The van der Waals surface area contributed by atoms with Gasteiger partial charge in [-0.15, -0.1) is 0 Å². The third kappa shape index (κ3) is 4.11. The topological polar surface area (TPSA) is 62.3 Å². The summed E-state index contributed by atoms with van der Waals surface area (Å²) < 4.78 is 8.11. The molecule has 0 saturated carbocycles. The molecule has 2 aliphatic rings. The third-order valence-electron chi connectivity index (χ3n) is 5.47. The molecular formula is C24H21Br2N3O. The van der Waals surface area contributed by atoms with Gasteiger partial charge in [-0.2, -0.15) is 5.26 Å². The Balaban J connectivity index is 1.86. The van der Waals surface area contributed by atoms with Gasteiger partial charge in [-0.3, -0.25) is 4.90 Å². The van der Waals surface area contributed by atoms with E-state index in [1.807, 2.05) is 36.4 Å².